The van der Waals surface area contributed by atoms with E-state index < -0.39 is 11.9 Å². The van der Waals surface area contributed by atoms with Crippen LogP contribution in [0.25, 0.3) is 5.57 Å². The van der Waals surface area contributed by atoms with Crippen molar-refractivity contribution in [3.63, 3.8) is 0 Å². The highest BCUT2D eigenvalue weighted by Crippen LogP contribution is 2.63. The number of rotatable bonds is 3. The van der Waals surface area contributed by atoms with Crippen molar-refractivity contribution >= 4 is 11.5 Å². The summed E-state index contributed by atoms with van der Waals surface area (Å²) < 4.78 is 28.1. The molecule has 2 heterocycles. The molecule has 4 heteroatoms. The maximum atomic E-state index is 14.3. The molecule has 110 valence electrons. The number of allylic oxidation sites excluding steroid dienone is 3. The molecular formula is C17H18F2N2. The third kappa shape index (κ3) is 2.33. The maximum Gasteiger partial charge on any atom is 0.220 e. The highest BCUT2D eigenvalue weighted by molar-refractivity contribution is 5.85. The number of aromatic nitrogens is 1. The minimum atomic E-state index is -0.731. The van der Waals surface area contributed by atoms with Gasteiger partial charge in [-0.1, -0.05) is 25.1 Å². The van der Waals surface area contributed by atoms with Crippen LogP contribution in [-0.2, 0) is 0 Å². The molecule has 21 heavy (non-hydrogen) atoms. The van der Waals surface area contributed by atoms with Crippen molar-refractivity contribution < 1.29 is 8.78 Å². The Kier molecular flexibility index (Phi) is 3.47. The summed E-state index contributed by atoms with van der Waals surface area (Å²) in [5.74, 6) is -1.18. The van der Waals surface area contributed by atoms with E-state index >= 15 is 0 Å². The average molecular weight is 288 g/mol. The van der Waals surface area contributed by atoms with Crippen LogP contribution in [0.15, 0.2) is 47.5 Å². The van der Waals surface area contributed by atoms with Crippen molar-refractivity contribution in [2.45, 2.75) is 26.7 Å². The minimum Gasteiger partial charge on any atom is -0.256 e. The highest BCUT2D eigenvalue weighted by Gasteiger charge is 2.57. The van der Waals surface area contributed by atoms with Crippen LogP contribution < -0.4 is 0 Å². The Bertz CT molecular complexity index is 633. The van der Waals surface area contributed by atoms with Crippen molar-refractivity contribution in [2.75, 3.05) is 0 Å². The summed E-state index contributed by atoms with van der Waals surface area (Å²) in [4.78, 5) is 7.66. The molecule has 1 aliphatic heterocycles. The maximum absolute atomic E-state index is 14.3. The van der Waals surface area contributed by atoms with Gasteiger partial charge in [-0.2, -0.15) is 13.8 Å². The fourth-order valence-electron chi connectivity index (χ4n) is 3.51. The van der Waals surface area contributed by atoms with E-state index in [0.717, 1.165) is 6.42 Å². The van der Waals surface area contributed by atoms with Gasteiger partial charge in [0.15, 0.2) is 5.97 Å². The van der Waals surface area contributed by atoms with Crippen LogP contribution in [0.4, 0.5) is 8.78 Å². The molecule has 3 unspecified atom stereocenters. The second-order valence-electron chi connectivity index (χ2n) is 5.88. The number of halogens is 2. The van der Waals surface area contributed by atoms with E-state index in [4.69, 9.17) is 0 Å². The Balaban J connectivity index is 2.10. The molecule has 1 aromatic rings. The molecule has 2 nitrogen and oxygen atoms in total. The molecule has 0 N–H and O–H groups in total. The molecule has 2 aliphatic rings. The summed E-state index contributed by atoms with van der Waals surface area (Å²) in [5.41, 5.74) is 0.824. The molecule has 0 spiro atoms. The van der Waals surface area contributed by atoms with Crippen LogP contribution in [0.2, 0.25) is 0 Å². The lowest BCUT2D eigenvalue weighted by molar-refractivity contribution is 0.420. The predicted molar refractivity (Wildman–Crippen MR) is 79.9 cm³/mol. The Morgan fingerprint density at radius 1 is 1.33 bits per heavy atom. The first-order valence-electron chi connectivity index (χ1n) is 7.26. The zero-order valence-electron chi connectivity index (χ0n) is 12.2. The van der Waals surface area contributed by atoms with Crippen LogP contribution in [0.5, 0.6) is 0 Å². The van der Waals surface area contributed by atoms with E-state index in [-0.39, 0.29) is 17.8 Å². The first-order valence-corrected chi connectivity index (χ1v) is 7.26. The monoisotopic (exact) mass is 288 g/mol. The topological polar surface area (TPSA) is 25.2 Å². The van der Waals surface area contributed by atoms with E-state index in [2.05, 4.69) is 23.0 Å². The molecule has 0 amide bonds. The van der Waals surface area contributed by atoms with Gasteiger partial charge in [-0.3, -0.25) is 4.98 Å². The summed E-state index contributed by atoms with van der Waals surface area (Å²) in [7, 11) is 0. The van der Waals surface area contributed by atoms with Crippen molar-refractivity contribution in [1.82, 2.24) is 4.98 Å². The van der Waals surface area contributed by atoms with Crippen LogP contribution in [0.1, 0.15) is 32.4 Å². The minimum absolute atomic E-state index is 0.147. The van der Waals surface area contributed by atoms with Crippen molar-refractivity contribution in [2.24, 2.45) is 22.2 Å². The molecule has 0 aromatic carbocycles. The molecular weight excluding hydrogens is 270 g/mol. The average Bonchev–Trinajstić information content (AvgIpc) is 3.10. The third-order valence-electron chi connectivity index (χ3n) is 4.65. The van der Waals surface area contributed by atoms with Gasteiger partial charge in [0.1, 0.15) is 0 Å². The van der Waals surface area contributed by atoms with E-state index in [9.17, 15) is 8.78 Å². The zero-order valence-corrected chi connectivity index (χ0v) is 12.2. The van der Waals surface area contributed by atoms with Gasteiger partial charge in [-0.25, -0.2) is 0 Å². The molecule has 1 fully saturated rings. The first kappa shape index (κ1) is 14.1. The lowest BCUT2D eigenvalue weighted by atomic mass is 9.76. The van der Waals surface area contributed by atoms with Crippen LogP contribution in [0, 0.1) is 17.3 Å². The number of pyridine rings is 1. The molecule has 1 saturated carbocycles. The van der Waals surface area contributed by atoms with E-state index in [0.29, 0.717) is 17.2 Å². The summed E-state index contributed by atoms with van der Waals surface area (Å²) in [6.45, 7) is 4.07. The lowest BCUT2D eigenvalue weighted by Crippen LogP contribution is -2.24. The summed E-state index contributed by atoms with van der Waals surface area (Å²) in [6, 6.07) is 5.36. The van der Waals surface area contributed by atoms with Crippen molar-refractivity contribution in [3.8, 4) is 0 Å². The molecule has 1 aromatic heterocycles. The SMILES string of the molecule is CC=CC1(C2CC(F)=NC(F)=C2c2ccccn2)CC1C. The standard InChI is InChI=1S/C17H18F2N2/c1-3-7-17(10-11(17)2)12-9-14(18)21-16(19)15(12)13-6-4-5-8-20-13/h3-8,11-12H,9-10H2,1-2H3. The lowest BCUT2D eigenvalue weighted by Gasteiger charge is -2.29. The first-order chi connectivity index (χ1) is 10.1. The van der Waals surface area contributed by atoms with Gasteiger partial charge in [-0.05, 0) is 36.8 Å². The Morgan fingerprint density at radius 2 is 2.10 bits per heavy atom. The summed E-state index contributed by atoms with van der Waals surface area (Å²) >= 11 is 0. The van der Waals surface area contributed by atoms with E-state index in [1.165, 1.54) is 0 Å². The fraction of sp³-hybridized carbons (Fsp3) is 0.412. The summed E-state index contributed by atoms with van der Waals surface area (Å²) in [6.07, 6.45) is 6.78. The predicted octanol–water partition coefficient (Wildman–Crippen LogP) is 4.71. The van der Waals surface area contributed by atoms with Gasteiger partial charge in [0.05, 0.1) is 5.69 Å². The Hall–Kier alpha value is -1.84. The van der Waals surface area contributed by atoms with Gasteiger partial charge in [0, 0.05) is 24.1 Å². The molecule has 1 aliphatic carbocycles. The van der Waals surface area contributed by atoms with Gasteiger partial charge < -0.3 is 0 Å². The molecule has 3 atom stereocenters. The van der Waals surface area contributed by atoms with Gasteiger partial charge in [0.25, 0.3) is 0 Å². The van der Waals surface area contributed by atoms with Crippen molar-refractivity contribution in [3.05, 3.63) is 48.2 Å². The van der Waals surface area contributed by atoms with Crippen molar-refractivity contribution in [1.29, 1.82) is 0 Å². The third-order valence-corrected chi connectivity index (χ3v) is 4.65. The van der Waals surface area contributed by atoms with E-state index in [1.807, 2.05) is 19.1 Å². The van der Waals surface area contributed by atoms with Crippen LogP contribution >= 0.6 is 0 Å². The Labute approximate surface area is 123 Å². The summed E-state index contributed by atoms with van der Waals surface area (Å²) in [5, 5.41) is 0. The zero-order chi connectivity index (χ0) is 15.0. The number of hydrogen-bond acceptors (Lipinski definition) is 2. The van der Waals surface area contributed by atoms with Gasteiger partial charge in [0.2, 0.25) is 5.95 Å². The second kappa shape index (κ2) is 5.17. The number of aliphatic imine (C=N–C) groups is 1. The smallest absolute Gasteiger partial charge is 0.220 e. The van der Waals surface area contributed by atoms with Crippen LogP contribution in [-0.4, -0.2) is 10.9 Å². The largest absolute Gasteiger partial charge is 0.256 e. The second-order valence-corrected chi connectivity index (χ2v) is 5.88. The van der Waals surface area contributed by atoms with Gasteiger partial charge in [-0.15, -0.1) is 0 Å². The van der Waals surface area contributed by atoms with Gasteiger partial charge >= 0.3 is 0 Å². The molecule has 0 bridgehead atoms. The normalized spacial score (nSPS) is 32.5. The highest BCUT2D eigenvalue weighted by atomic mass is 19.1. The molecule has 0 saturated heterocycles. The Morgan fingerprint density at radius 3 is 2.67 bits per heavy atom. The quantitative estimate of drug-likeness (QED) is 0.584. The molecule has 0 radical (unpaired) electrons. The number of nitrogens with zero attached hydrogens (tertiary/aromatic N) is 2. The van der Waals surface area contributed by atoms with Crippen LogP contribution in [0.3, 0.4) is 0 Å². The molecule has 3 rings (SSSR count). The fourth-order valence-corrected chi connectivity index (χ4v) is 3.51. The number of hydrogen-bond donors (Lipinski definition) is 0. The van der Waals surface area contributed by atoms with E-state index in [1.54, 1.807) is 18.3 Å².